The van der Waals surface area contributed by atoms with E-state index in [1.165, 1.54) is 12.3 Å². The smallest absolute Gasteiger partial charge is 0.255 e. The Kier molecular flexibility index (Phi) is 3.09. The van der Waals surface area contributed by atoms with Gasteiger partial charge in [0, 0.05) is 24.0 Å². The standard InChI is InChI=1S/C12H10FN3O/c1-8-10(3-2-5-14-8)16-12(17)9-4-6-15-11(13)7-9/h2-7H,1H3,(H,16,17). The number of nitrogens with zero attached hydrogens (tertiary/aromatic N) is 2. The SMILES string of the molecule is Cc1ncccc1NC(=O)c1ccnc(F)c1. The van der Waals surface area contributed by atoms with Gasteiger partial charge in [0.2, 0.25) is 5.95 Å². The Bertz CT molecular complexity index is 557. The van der Waals surface area contributed by atoms with Gasteiger partial charge in [-0.1, -0.05) is 0 Å². The Morgan fingerprint density at radius 2 is 2.12 bits per heavy atom. The van der Waals surface area contributed by atoms with E-state index in [4.69, 9.17) is 0 Å². The topological polar surface area (TPSA) is 54.9 Å². The van der Waals surface area contributed by atoms with Gasteiger partial charge in [-0.15, -0.1) is 0 Å². The van der Waals surface area contributed by atoms with E-state index in [9.17, 15) is 9.18 Å². The Balaban J connectivity index is 2.20. The molecule has 0 saturated heterocycles. The van der Waals surface area contributed by atoms with Gasteiger partial charge in [-0.25, -0.2) is 4.98 Å². The minimum absolute atomic E-state index is 0.223. The number of carbonyl (C=O) groups is 1. The molecular formula is C12H10FN3O. The Labute approximate surface area is 97.5 Å². The van der Waals surface area contributed by atoms with E-state index < -0.39 is 5.95 Å². The Morgan fingerprint density at radius 3 is 2.82 bits per heavy atom. The second kappa shape index (κ2) is 4.69. The zero-order chi connectivity index (χ0) is 12.3. The maximum atomic E-state index is 12.8. The lowest BCUT2D eigenvalue weighted by Gasteiger charge is -2.06. The lowest BCUT2D eigenvalue weighted by Crippen LogP contribution is -2.13. The fourth-order valence-corrected chi connectivity index (χ4v) is 1.35. The van der Waals surface area contributed by atoms with Gasteiger partial charge in [-0.2, -0.15) is 4.39 Å². The van der Waals surface area contributed by atoms with Crippen LogP contribution >= 0.6 is 0 Å². The van der Waals surface area contributed by atoms with Crippen molar-refractivity contribution in [1.29, 1.82) is 0 Å². The molecule has 2 rings (SSSR count). The van der Waals surface area contributed by atoms with Gasteiger partial charge >= 0.3 is 0 Å². The predicted molar refractivity (Wildman–Crippen MR) is 61.1 cm³/mol. The highest BCUT2D eigenvalue weighted by Crippen LogP contribution is 2.12. The highest BCUT2D eigenvalue weighted by atomic mass is 19.1. The molecule has 2 heterocycles. The number of anilines is 1. The summed E-state index contributed by atoms with van der Waals surface area (Å²) >= 11 is 0. The van der Waals surface area contributed by atoms with Gasteiger partial charge in [0.1, 0.15) is 0 Å². The van der Waals surface area contributed by atoms with E-state index >= 15 is 0 Å². The van der Waals surface area contributed by atoms with Crippen LogP contribution in [0.15, 0.2) is 36.7 Å². The molecule has 0 fully saturated rings. The lowest BCUT2D eigenvalue weighted by atomic mass is 10.2. The molecule has 0 unspecified atom stereocenters. The fraction of sp³-hybridized carbons (Fsp3) is 0.0833. The molecule has 0 aliphatic heterocycles. The normalized spacial score (nSPS) is 10.0. The molecular weight excluding hydrogens is 221 g/mol. The van der Waals surface area contributed by atoms with Gasteiger partial charge in [-0.05, 0) is 25.1 Å². The molecule has 0 radical (unpaired) electrons. The molecule has 0 atom stereocenters. The third-order valence-corrected chi connectivity index (χ3v) is 2.24. The van der Waals surface area contributed by atoms with Crippen molar-refractivity contribution in [3.05, 3.63) is 53.9 Å². The van der Waals surface area contributed by atoms with Crippen LogP contribution < -0.4 is 5.32 Å². The van der Waals surface area contributed by atoms with E-state index in [-0.39, 0.29) is 11.5 Å². The van der Waals surface area contributed by atoms with Crippen LogP contribution in [0.1, 0.15) is 16.1 Å². The molecule has 0 aromatic carbocycles. The van der Waals surface area contributed by atoms with Crippen LogP contribution in [0.5, 0.6) is 0 Å². The van der Waals surface area contributed by atoms with Crippen molar-refractivity contribution in [2.24, 2.45) is 0 Å². The first-order chi connectivity index (χ1) is 8.16. The largest absolute Gasteiger partial charge is 0.320 e. The summed E-state index contributed by atoms with van der Waals surface area (Å²) in [5.74, 6) is -1.07. The number of amides is 1. The predicted octanol–water partition coefficient (Wildman–Crippen LogP) is 2.18. The highest BCUT2D eigenvalue weighted by molar-refractivity contribution is 6.04. The van der Waals surface area contributed by atoms with Gasteiger partial charge < -0.3 is 5.32 Å². The average molecular weight is 231 g/mol. The molecule has 0 aliphatic rings. The minimum atomic E-state index is -0.680. The van der Waals surface area contributed by atoms with Crippen molar-refractivity contribution in [3.63, 3.8) is 0 Å². The number of rotatable bonds is 2. The van der Waals surface area contributed by atoms with Crippen molar-refractivity contribution < 1.29 is 9.18 Å². The summed E-state index contributed by atoms with van der Waals surface area (Å²) in [6.45, 7) is 1.78. The number of pyridine rings is 2. The Hall–Kier alpha value is -2.30. The second-order valence-corrected chi connectivity index (χ2v) is 3.46. The first-order valence-corrected chi connectivity index (χ1v) is 5.01. The minimum Gasteiger partial charge on any atom is -0.320 e. The summed E-state index contributed by atoms with van der Waals surface area (Å²) in [6, 6.07) is 5.98. The first-order valence-electron chi connectivity index (χ1n) is 5.01. The monoisotopic (exact) mass is 231 g/mol. The summed E-state index contributed by atoms with van der Waals surface area (Å²) in [5.41, 5.74) is 1.53. The number of halogens is 1. The van der Waals surface area contributed by atoms with Gasteiger partial charge in [0.15, 0.2) is 0 Å². The number of hydrogen-bond donors (Lipinski definition) is 1. The van der Waals surface area contributed by atoms with Crippen molar-refractivity contribution in [2.75, 3.05) is 5.32 Å². The van der Waals surface area contributed by atoms with E-state index in [1.54, 1.807) is 25.3 Å². The molecule has 0 bridgehead atoms. The third kappa shape index (κ3) is 2.63. The molecule has 17 heavy (non-hydrogen) atoms. The molecule has 4 nitrogen and oxygen atoms in total. The van der Waals surface area contributed by atoms with Crippen LogP contribution in [-0.2, 0) is 0 Å². The van der Waals surface area contributed by atoms with Crippen molar-refractivity contribution in [3.8, 4) is 0 Å². The zero-order valence-corrected chi connectivity index (χ0v) is 9.14. The van der Waals surface area contributed by atoms with Crippen LogP contribution in [-0.4, -0.2) is 15.9 Å². The molecule has 1 N–H and O–H groups in total. The van der Waals surface area contributed by atoms with Gasteiger partial charge in [0.05, 0.1) is 11.4 Å². The number of carbonyl (C=O) groups excluding carboxylic acids is 1. The quantitative estimate of drug-likeness (QED) is 0.806. The molecule has 0 aliphatic carbocycles. The molecule has 2 aromatic rings. The maximum absolute atomic E-state index is 12.8. The maximum Gasteiger partial charge on any atom is 0.255 e. The molecule has 2 aromatic heterocycles. The molecule has 1 amide bonds. The van der Waals surface area contributed by atoms with E-state index in [1.807, 2.05) is 0 Å². The van der Waals surface area contributed by atoms with Crippen LogP contribution in [0, 0.1) is 12.9 Å². The fourth-order valence-electron chi connectivity index (χ4n) is 1.35. The first kappa shape index (κ1) is 11.2. The van der Waals surface area contributed by atoms with Gasteiger partial charge in [0.25, 0.3) is 5.91 Å². The second-order valence-electron chi connectivity index (χ2n) is 3.46. The van der Waals surface area contributed by atoms with Gasteiger partial charge in [-0.3, -0.25) is 9.78 Å². The molecule has 86 valence electrons. The summed E-state index contributed by atoms with van der Waals surface area (Å²) in [7, 11) is 0. The molecule has 0 saturated carbocycles. The Morgan fingerprint density at radius 1 is 1.29 bits per heavy atom. The number of hydrogen-bond acceptors (Lipinski definition) is 3. The van der Waals surface area contributed by atoms with Crippen LogP contribution in [0.3, 0.4) is 0 Å². The summed E-state index contributed by atoms with van der Waals surface area (Å²) < 4.78 is 12.8. The van der Waals surface area contributed by atoms with Crippen LogP contribution in [0.25, 0.3) is 0 Å². The van der Waals surface area contributed by atoms with Crippen LogP contribution in [0.4, 0.5) is 10.1 Å². The van der Waals surface area contributed by atoms with E-state index in [2.05, 4.69) is 15.3 Å². The van der Waals surface area contributed by atoms with E-state index in [0.717, 1.165) is 6.07 Å². The lowest BCUT2D eigenvalue weighted by molar-refractivity contribution is 0.102. The number of aromatic nitrogens is 2. The number of aryl methyl sites for hydroxylation is 1. The molecule has 5 heteroatoms. The molecule has 0 spiro atoms. The van der Waals surface area contributed by atoms with Crippen molar-refractivity contribution in [2.45, 2.75) is 6.92 Å². The van der Waals surface area contributed by atoms with Crippen LogP contribution in [0.2, 0.25) is 0 Å². The zero-order valence-electron chi connectivity index (χ0n) is 9.14. The van der Waals surface area contributed by atoms with E-state index in [0.29, 0.717) is 11.4 Å². The third-order valence-electron chi connectivity index (χ3n) is 2.24. The number of nitrogens with one attached hydrogen (secondary N) is 1. The summed E-state index contributed by atoms with van der Waals surface area (Å²) in [6.07, 6.45) is 2.89. The highest BCUT2D eigenvalue weighted by Gasteiger charge is 2.08. The van der Waals surface area contributed by atoms with Crippen molar-refractivity contribution in [1.82, 2.24) is 9.97 Å². The summed E-state index contributed by atoms with van der Waals surface area (Å²) in [5, 5.41) is 2.66. The average Bonchev–Trinajstić information content (AvgIpc) is 2.32. The summed E-state index contributed by atoms with van der Waals surface area (Å²) in [4.78, 5) is 19.2. The van der Waals surface area contributed by atoms with Crippen molar-refractivity contribution >= 4 is 11.6 Å².